The molecule has 0 saturated carbocycles. The van der Waals surface area contributed by atoms with Crippen molar-refractivity contribution in [2.75, 3.05) is 6.61 Å². The second kappa shape index (κ2) is 13.9. The molecule has 0 aliphatic heterocycles. The molecule has 0 saturated heterocycles. The average Bonchev–Trinajstić information content (AvgIpc) is 3.11. The molecule has 1 heterocycles. The number of carbonyl (C=O) groups is 1. The van der Waals surface area contributed by atoms with Gasteiger partial charge in [0.15, 0.2) is 6.10 Å². The minimum Gasteiger partial charge on any atom is -0.489 e. The van der Waals surface area contributed by atoms with Gasteiger partial charge >= 0.3 is 5.97 Å². The number of nitrogens with zero attached hydrogens (tertiary/aromatic N) is 1. The predicted octanol–water partition coefficient (Wildman–Crippen LogP) is 6.68. The van der Waals surface area contributed by atoms with Gasteiger partial charge in [0.25, 0.3) is 0 Å². The lowest BCUT2D eigenvalue weighted by Gasteiger charge is -2.17. The molecule has 1 aromatic carbocycles. The molecule has 1 aromatic heterocycles. The van der Waals surface area contributed by atoms with Crippen molar-refractivity contribution >= 4 is 12.0 Å². The third-order valence-corrected chi connectivity index (χ3v) is 5.65. The van der Waals surface area contributed by atoms with Gasteiger partial charge in [-0.2, -0.15) is 0 Å². The number of pyridine rings is 1. The molecule has 0 bridgehead atoms. The van der Waals surface area contributed by atoms with E-state index in [1.165, 1.54) is 5.56 Å². The van der Waals surface area contributed by atoms with Crippen LogP contribution in [0.15, 0.2) is 78.1 Å². The van der Waals surface area contributed by atoms with Crippen LogP contribution in [-0.2, 0) is 22.6 Å². The Morgan fingerprint density at radius 1 is 1.03 bits per heavy atom. The van der Waals surface area contributed by atoms with Crippen molar-refractivity contribution in [2.45, 2.75) is 59.2 Å². The van der Waals surface area contributed by atoms with Crippen LogP contribution < -0.4 is 9.47 Å². The normalized spacial score (nSPS) is 14.1. The van der Waals surface area contributed by atoms with E-state index in [1.54, 1.807) is 0 Å². The maximum atomic E-state index is 11.5. The second-order valence-corrected chi connectivity index (χ2v) is 8.41. The number of benzene rings is 1. The van der Waals surface area contributed by atoms with E-state index >= 15 is 0 Å². The summed E-state index contributed by atoms with van der Waals surface area (Å²) < 4.78 is 17.7. The van der Waals surface area contributed by atoms with Crippen molar-refractivity contribution in [1.82, 2.24) is 4.98 Å². The Balaban J connectivity index is 1.61. The molecule has 1 atom stereocenters. The number of aryl methyl sites for hydroxylation is 1. The number of rotatable bonds is 13. The zero-order valence-electron chi connectivity index (χ0n) is 21.3. The van der Waals surface area contributed by atoms with Crippen LogP contribution in [-0.4, -0.2) is 28.8 Å². The van der Waals surface area contributed by atoms with E-state index in [-0.39, 0.29) is 6.61 Å². The average molecular weight is 490 g/mol. The van der Waals surface area contributed by atoms with E-state index < -0.39 is 12.1 Å². The first kappa shape index (κ1) is 26.8. The Labute approximate surface area is 213 Å². The number of hydrogen-bond donors (Lipinski definition) is 1. The number of aromatic nitrogens is 1. The summed E-state index contributed by atoms with van der Waals surface area (Å²) in [7, 11) is 0. The Morgan fingerprint density at radius 2 is 1.72 bits per heavy atom. The van der Waals surface area contributed by atoms with Crippen molar-refractivity contribution in [3.05, 3.63) is 95.1 Å². The van der Waals surface area contributed by atoms with Gasteiger partial charge in [0.2, 0.25) is 0 Å². The summed E-state index contributed by atoms with van der Waals surface area (Å²) in [5.41, 5.74) is 3.86. The van der Waals surface area contributed by atoms with Crippen LogP contribution >= 0.6 is 0 Å². The van der Waals surface area contributed by atoms with Gasteiger partial charge in [-0.1, -0.05) is 50.6 Å². The fraction of sp³-hybridized carbons (Fsp3) is 0.333. The molecule has 0 fully saturated rings. The SMILES string of the molecule is C/C=C\c1nc(COc2ccc(OCC3=C(OC(CCC)C(=O)O)C=CCC=C3)cc2)ccc1CC. The molecular formula is C30H35NO5. The highest BCUT2D eigenvalue weighted by molar-refractivity contribution is 5.72. The standard InChI is InChI=1S/C30H35NO5/c1-4-10-27-22(6-3)14-15-24(31-27)21-35-26-18-16-25(17-19-26)34-20-23-12-8-7-9-13-28(23)36-29(11-5-2)30(32)33/h4,8-10,12-19,29H,5-7,11,20-21H2,1-3H3,(H,32,33)/b10-4-. The summed E-state index contributed by atoms with van der Waals surface area (Å²) in [6.45, 7) is 6.68. The van der Waals surface area contributed by atoms with Gasteiger partial charge in [0, 0.05) is 5.57 Å². The van der Waals surface area contributed by atoms with Gasteiger partial charge in [0.1, 0.15) is 30.5 Å². The minimum absolute atomic E-state index is 0.260. The molecule has 0 amide bonds. The van der Waals surface area contributed by atoms with Crippen LogP contribution in [0.2, 0.25) is 0 Å². The van der Waals surface area contributed by atoms with E-state index in [1.807, 2.05) is 80.6 Å². The number of carboxylic acids is 1. The number of carboxylic acid groups (broad SMARTS) is 1. The molecule has 36 heavy (non-hydrogen) atoms. The first-order chi connectivity index (χ1) is 17.5. The highest BCUT2D eigenvalue weighted by Crippen LogP contribution is 2.23. The molecule has 0 radical (unpaired) electrons. The summed E-state index contributed by atoms with van der Waals surface area (Å²) in [6.07, 6.45) is 13.7. The lowest BCUT2D eigenvalue weighted by molar-refractivity contribution is -0.148. The van der Waals surface area contributed by atoms with Crippen molar-refractivity contribution in [3.63, 3.8) is 0 Å². The Morgan fingerprint density at radius 3 is 2.36 bits per heavy atom. The number of aliphatic carboxylic acids is 1. The van der Waals surface area contributed by atoms with E-state index in [4.69, 9.17) is 19.2 Å². The van der Waals surface area contributed by atoms with Crippen LogP contribution in [0.3, 0.4) is 0 Å². The van der Waals surface area contributed by atoms with Gasteiger partial charge in [0.05, 0.1) is 11.4 Å². The molecule has 1 aliphatic carbocycles. The monoisotopic (exact) mass is 489 g/mol. The summed E-state index contributed by atoms with van der Waals surface area (Å²) in [4.78, 5) is 16.2. The summed E-state index contributed by atoms with van der Waals surface area (Å²) in [5.74, 6) is 0.973. The molecule has 2 aromatic rings. The lowest BCUT2D eigenvalue weighted by atomic mass is 10.1. The van der Waals surface area contributed by atoms with Gasteiger partial charge in [-0.25, -0.2) is 9.78 Å². The minimum atomic E-state index is -0.962. The zero-order valence-corrected chi connectivity index (χ0v) is 21.3. The van der Waals surface area contributed by atoms with E-state index in [0.717, 1.165) is 42.0 Å². The quantitative estimate of drug-likeness (QED) is 0.338. The van der Waals surface area contributed by atoms with Crippen LogP contribution in [0.1, 0.15) is 57.0 Å². The molecular weight excluding hydrogens is 454 g/mol. The van der Waals surface area contributed by atoms with Crippen LogP contribution in [0.5, 0.6) is 11.5 Å². The molecule has 3 rings (SSSR count). The molecule has 6 nitrogen and oxygen atoms in total. The van der Waals surface area contributed by atoms with Gasteiger partial charge in [-0.3, -0.25) is 0 Å². The lowest BCUT2D eigenvalue weighted by Crippen LogP contribution is -2.24. The molecule has 1 aliphatic rings. The van der Waals surface area contributed by atoms with Crippen molar-refractivity contribution in [1.29, 1.82) is 0 Å². The second-order valence-electron chi connectivity index (χ2n) is 8.41. The summed E-state index contributed by atoms with van der Waals surface area (Å²) >= 11 is 0. The van der Waals surface area contributed by atoms with Crippen molar-refractivity contribution in [3.8, 4) is 11.5 Å². The Hall–Kier alpha value is -3.80. The number of ether oxygens (including phenoxy) is 3. The van der Waals surface area contributed by atoms with Gasteiger partial charge in [-0.15, -0.1) is 0 Å². The van der Waals surface area contributed by atoms with Gasteiger partial charge in [-0.05, 0) is 74.2 Å². The summed E-state index contributed by atoms with van der Waals surface area (Å²) in [5, 5.41) is 9.46. The number of hydrogen-bond acceptors (Lipinski definition) is 5. The topological polar surface area (TPSA) is 77.9 Å². The van der Waals surface area contributed by atoms with E-state index in [0.29, 0.717) is 24.5 Å². The van der Waals surface area contributed by atoms with Gasteiger partial charge < -0.3 is 19.3 Å². The summed E-state index contributed by atoms with van der Waals surface area (Å²) in [6, 6.07) is 11.5. The fourth-order valence-electron chi connectivity index (χ4n) is 3.71. The van der Waals surface area contributed by atoms with E-state index in [9.17, 15) is 9.90 Å². The molecule has 190 valence electrons. The third-order valence-electron chi connectivity index (χ3n) is 5.65. The Bertz CT molecular complexity index is 1130. The highest BCUT2D eigenvalue weighted by Gasteiger charge is 2.20. The molecule has 1 N–H and O–H groups in total. The van der Waals surface area contributed by atoms with E-state index in [2.05, 4.69) is 13.0 Å². The van der Waals surface area contributed by atoms with Crippen LogP contribution in [0, 0.1) is 0 Å². The maximum Gasteiger partial charge on any atom is 0.344 e. The van der Waals surface area contributed by atoms with Crippen molar-refractivity contribution < 1.29 is 24.1 Å². The largest absolute Gasteiger partial charge is 0.489 e. The van der Waals surface area contributed by atoms with Crippen molar-refractivity contribution in [2.24, 2.45) is 0 Å². The Kier molecular flexibility index (Phi) is 10.4. The fourth-order valence-corrected chi connectivity index (χ4v) is 3.71. The highest BCUT2D eigenvalue weighted by atomic mass is 16.5. The maximum absolute atomic E-state index is 11.5. The first-order valence-corrected chi connectivity index (χ1v) is 12.5. The van der Waals surface area contributed by atoms with Crippen LogP contribution in [0.25, 0.3) is 6.08 Å². The number of allylic oxidation sites excluding steroid dienone is 4. The molecule has 0 spiro atoms. The smallest absolute Gasteiger partial charge is 0.344 e. The predicted molar refractivity (Wildman–Crippen MR) is 142 cm³/mol. The molecule has 6 heteroatoms. The third kappa shape index (κ3) is 7.87. The first-order valence-electron chi connectivity index (χ1n) is 12.5. The zero-order chi connectivity index (χ0) is 25.8. The van der Waals surface area contributed by atoms with Crippen LogP contribution in [0.4, 0.5) is 0 Å². The molecule has 1 unspecified atom stereocenters.